The second-order valence-electron chi connectivity index (χ2n) is 9.41. The van der Waals surface area contributed by atoms with Crippen LogP contribution in [-0.4, -0.2) is 100 Å². The van der Waals surface area contributed by atoms with Crippen LogP contribution < -0.4 is 14.2 Å². The molecule has 2 heterocycles. The lowest BCUT2D eigenvalue weighted by molar-refractivity contribution is -0.277. The molecule has 0 saturated carbocycles. The van der Waals surface area contributed by atoms with Gasteiger partial charge in [-0.15, -0.1) is 0 Å². The molecule has 2 aromatic carbocycles. The molecule has 2 aromatic rings. The highest BCUT2D eigenvalue weighted by atomic mass is 16.7. The molecule has 4 rings (SSSR count). The van der Waals surface area contributed by atoms with Crippen LogP contribution in [0.5, 0.6) is 23.0 Å². The molecule has 12 nitrogen and oxygen atoms in total. The lowest BCUT2D eigenvalue weighted by atomic mass is 9.81. The molecule has 0 aliphatic carbocycles. The molecular formula is C26H32O12. The van der Waals surface area contributed by atoms with E-state index in [0.29, 0.717) is 5.56 Å². The summed E-state index contributed by atoms with van der Waals surface area (Å²) in [7, 11) is 2.80. The number of carbonyl (C=O) groups excluding carboxylic acids is 1. The first kappa shape index (κ1) is 27.9. The van der Waals surface area contributed by atoms with Gasteiger partial charge in [0, 0.05) is 12.3 Å². The molecule has 0 radical (unpaired) electrons. The Morgan fingerprint density at radius 3 is 2.32 bits per heavy atom. The van der Waals surface area contributed by atoms with Gasteiger partial charge in [-0.2, -0.15) is 0 Å². The highest BCUT2D eigenvalue weighted by Crippen LogP contribution is 2.38. The lowest BCUT2D eigenvalue weighted by Gasteiger charge is -2.39. The maximum atomic E-state index is 12.6. The fraction of sp³-hybridized carbons (Fsp3) is 0.500. The zero-order valence-corrected chi connectivity index (χ0v) is 20.9. The van der Waals surface area contributed by atoms with Gasteiger partial charge in [0.1, 0.15) is 24.4 Å². The van der Waals surface area contributed by atoms with Crippen LogP contribution in [-0.2, 0) is 27.1 Å². The van der Waals surface area contributed by atoms with Crippen molar-refractivity contribution in [3.8, 4) is 23.0 Å². The van der Waals surface area contributed by atoms with Crippen molar-refractivity contribution in [3.05, 3.63) is 47.5 Å². The molecule has 2 saturated heterocycles. The van der Waals surface area contributed by atoms with Gasteiger partial charge in [0.25, 0.3) is 0 Å². The number of hydrogen-bond donors (Lipinski definition) is 6. The maximum Gasteiger partial charge on any atom is 0.338 e. The summed E-state index contributed by atoms with van der Waals surface area (Å²) in [5, 5.41) is 60.9. The van der Waals surface area contributed by atoms with E-state index < -0.39 is 54.8 Å². The monoisotopic (exact) mass is 536 g/mol. The van der Waals surface area contributed by atoms with Crippen LogP contribution in [0.4, 0.5) is 0 Å². The maximum absolute atomic E-state index is 12.6. The van der Waals surface area contributed by atoms with Gasteiger partial charge in [0.15, 0.2) is 28.6 Å². The molecule has 0 bridgehead atoms. The second kappa shape index (κ2) is 11.3. The van der Waals surface area contributed by atoms with Gasteiger partial charge in [-0.25, -0.2) is 4.79 Å². The van der Waals surface area contributed by atoms with E-state index in [4.69, 9.17) is 23.7 Å². The minimum Gasteiger partial charge on any atom is -0.504 e. The average Bonchev–Trinajstić information content (AvgIpc) is 3.18. The summed E-state index contributed by atoms with van der Waals surface area (Å²) in [4.78, 5) is 12.6. The van der Waals surface area contributed by atoms with Crippen LogP contribution in [0.25, 0.3) is 0 Å². The van der Waals surface area contributed by atoms with E-state index in [0.717, 1.165) is 5.56 Å². The number of esters is 1. The first-order chi connectivity index (χ1) is 18.1. The van der Waals surface area contributed by atoms with Crippen LogP contribution >= 0.6 is 0 Å². The predicted molar refractivity (Wildman–Crippen MR) is 129 cm³/mol. The standard InChI is InChI=1S/C26H32O12/c1-34-18-8-13(3-5-16(18)28)7-15-12-36-25(32)26(15,33)10-14-4-6-17(19(9-14)35-2)37-24-23(31)22(30)21(29)20(11-27)38-24/h3-6,8-9,15,20-24,27-31,33H,7,10-12H2,1-2H3/t15-,20-,21-,22+,23-,24-,26-/m1/s1. The van der Waals surface area contributed by atoms with E-state index in [2.05, 4.69) is 0 Å². The number of ether oxygens (including phenoxy) is 5. The van der Waals surface area contributed by atoms with E-state index >= 15 is 0 Å². The van der Waals surface area contributed by atoms with Crippen molar-refractivity contribution in [1.82, 2.24) is 0 Å². The molecule has 0 aromatic heterocycles. The number of phenolic OH excluding ortho intramolecular Hbond substituents is 1. The molecular weight excluding hydrogens is 504 g/mol. The van der Waals surface area contributed by atoms with Crippen molar-refractivity contribution in [1.29, 1.82) is 0 Å². The van der Waals surface area contributed by atoms with Gasteiger partial charge < -0.3 is 54.3 Å². The zero-order valence-electron chi connectivity index (χ0n) is 20.9. The van der Waals surface area contributed by atoms with Gasteiger partial charge in [-0.05, 0) is 41.8 Å². The Balaban J connectivity index is 1.52. The number of carbonyl (C=O) groups is 1. The van der Waals surface area contributed by atoms with Crippen molar-refractivity contribution in [3.63, 3.8) is 0 Å². The highest BCUT2D eigenvalue weighted by molar-refractivity contribution is 5.82. The number of hydrogen-bond acceptors (Lipinski definition) is 12. The Morgan fingerprint density at radius 1 is 0.947 bits per heavy atom. The predicted octanol–water partition coefficient (Wildman–Crippen LogP) is -0.723. The van der Waals surface area contributed by atoms with Crippen LogP contribution in [0.15, 0.2) is 36.4 Å². The fourth-order valence-electron chi connectivity index (χ4n) is 4.70. The second-order valence-corrected chi connectivity index (χ2v) is 9.41. The van der Waals surface area contributed by atoms with Gasteiger partial charge in [0.2, 0.25) is 6.29 Å². The third-order valence-corrected chi connectivity index (χ3v) is 6.96. The summed E-state index contributed by atoms with van der Waals surface area (Å²) in [5.74, 6) is -0.780. The molecule has 12 heteroatoms. The Morgan fingerprint density at radius 2 is 1.63 bits per heavy atom. The minimum absolute atomic E-state index is 0.00790. The topological polar surface area (TPSA) is 185 Å². The number of benzene rings is 2. The quantitative estimate of drug-likeness (QED) is 0.221. The van der Waals surface area contributed by atoms with Crippen LogP contribution in [0.1, 0.15) is 11.1 Å². The highest BCUT2D eigenvalue weighted by Gasteiger charge is 2.51. The van der Waals surface area contributed by atoms with Crippen LogP contribution in [0.3, 0.4) is 0 Å². The van der Waals surface area contributed by atoms with E-state index in [-0.39, 0.29) is 42.4 Å². The smallest absolute Gasteiger partial charge is 0.338 e. The fourth-order valence-corrected chi connectivity index (χ4v) is 4.70. The summed E-state index contributed by atoms with van der Waals surface area (Å²) in [6.07, 6.45) is -7.10. The number of aliphatic hydroxyl groups excluding tert-OH is 4. The van der Waals surface area contributed by atoms with Gasteiger partial charge in [-0.1, -0.05) is 12.1 Å². The largest absolute Gasteiger partial charge is 0.504 e. The van der Waals surface area contributed by atoms with Crippen molar-refractivity contribution >= 4 is 5.97 Å². The number of methoxy groups -OCH3 is 2. The molecule has 208 valence electrons. The Labute approximate surface area is 218 Å². The van der Waals surface area contributed by atoms with E-state index in [1.807, 2.05) is 0 Å². The number of rotatable bonds is 9. The number of phenols is 1. The third kappa shape index (κ3) is 5.37. The van der Waals surface area contributed by atoms with Crippen molar-refractivity contribution in [2.75, 3.05) is 27.4 Å². The summed E-state index contributed by atoms with van der Waals surface area (Å²) in [5.41, 5.74) is -0.574. The Hall–Kier alpha value is -3.13. The molecule has 38 heavy (non-hydrogen) atoms. The normalized spacial score (nSPS) is 31.1. The molecule has 2 aliphatic rings. The SMILES string of the molecule is COc1cc(C[C@@H]2COC(=O)[C@@]2(O)Cc2ccc(O[C@@H]3O[C@H](CO)[C@@H](O)[C@H](O)[C@H]3O)c(OC)c2)ccc1O. The number of aliphatic hydroxyl groups is 5. The number of cyclic esters (lactones) is 1. The third-order valence-electron chi connectivity index (χ3n) is 6.96. The van der Waals surface area contributed by atoms with E-state index in [9.17, 15) is 35.4 Å². The molecule has 6 N–H and O–H groups in total. The summed E-state index contributed by atoms with van der Waals surface area (Å²) in [6.45, 7) is -0.596. The van der Waals surface area contributed by atoms with E-state index in [1.165, 1.54) is 26.4 Å². The van der Waals surface area contributed by atoms with Gasteiger partial charge in [0.05, 0.1) is 27.4 Å². The summed E-state index contributed by atoms with van der Waals surface area (Å²) < 4.78 is 26.8. The van der Waals surface area contributed by atoms with Gasteiger partial charge >= 0.3 is 5.97 Å². The van der Waals surface area contributed by atoms with Crippen molar-refractivity contribution < 1.29 is 59.1 Å². The first-order valence-corrected chi connectivity index (χ1v) is 12.0. The van der Waals surface area contributed by atoms with Crippen molar-refractivity contribution in [2.45, 2.75) is 49.1 Å². The Kier molecular flexibility index (Phi) is 8.31. The zero-order chi connectivity index (χ0) is 27.6. The van der Waals surface area contributed by atoms with Crippen LogP contribution in [0.2, 0.25) is 0 Å². The number of aromatic hydroxyl groups is 1. The molecule has 0 unspecified atom stereocenters. The molecule has 0 spiro atoms. The first-order valence-electron chi connectivity index (χ1n) is 12.0. The lowest BCUT2D eigenvalue weighted by Crippen LogP contribution is -2.60. The van der Waals surface area contributed by atoms with Gasteiger partial charge in [-0.3, -0.25) is 0 Å². The minimum atomic E-state index is -1.84. The Bertz CT molecular complexity index is 1140. The molecule has 0 amide bonds. The molecule has 2 aliphatic heterocycles. The molecule has 7 atom stereocenters. The average molecular weight is 537 g/mol. The summed E-state index contributed by atoms with van der Waals surface area (Å²) in [6, 6.07) is 9.40. The summed E-state index contributed by atoms with van der Waals surface area (Å²) >= 11 is 0. The molecule has 2 fully saturated rings. The van der Waals surface area contributed by atoms with Crippen LogP contribution in [0, 0.1) is 5.92 Å². The van der Waals surface area contributed by atoms with E-state index in [1.54, 1.807) is 24.3 Å². The van der Waals surface area contributed by atoms with Crippen molar-refractivity contribution in [2.24, 2.45) is 5.92 Å².